The van der Waals surface area contributed by atoms with Gasteiger partial charge in [-0.15, -0.1) is 0 Å². The Morgan fingerprint density at radius 2 is 1.40 bits per heavy atom. The summed E-state index contributed by atoms with van der Waals surface area (Å²) < 4.78 is 0. The molecule has 6 nitrogen and oxygen atoms in total. The number of hydrogen-bond donors (Lipinski definition) is 1. The molecule has 0 saturated carbocycles. The Balaban J connectivity index is 1.21. The number of rotatable bonds is 9. The molecule has 2 heterocycles. The molecule has 1 aliphatic rings. The van der Waals surface area contributed by atoms with Crippen LogP contribution in [-0.2, 0) is 24.3 Å². The quantitative estimate of drug-likeness (QED) is 0.347. The molecule has 0 spiro atoms. The van der Waals surface area contributed by atoms with E-state index in [1.807, 2.05) is 32.2 Å². The molecule has 1 amide bonds. The van der Waals surface area contributed by atoms with Gasteiger partial charge in [0.1, 0.15) is 0 Å². The van der Waals surface area contributed by atoms with Crippen molar-refractivity contribution < 1.29 is 4.79 Å². The first-order valence-corrected chi connectivity index (χ1v) is 13.5. The summed E-state index contributed by atoms with van der Waals surface area (Å²) in [6, 6.07) is 18.9. The van der Waals surface area contributed by atoms with Crippen molar-refractivity contribution in [2.24, 2.45) is 0 Å². The number of carbonyl (C=O) groups is 1. The summed E-state index contributed by atoms with van der Waals surface area (Å²) in [6.07, 6.45) is 3.03. The second kappa shape index (κ2) is 12.3. The molecule has 7 heteroatoms. The molecule has 1 N–H and O–H groups in total. The van der Waals surface area contributed by atoms with Crippen LogP contribution in [0.5, 0.6) is 0 Å². The van der Waals surface area contributed by atoms with E-state index < -0.39 is 0 Å². The van der Waals surface area contributed by atoms with Gasteiger partial charge in [0.25, 0.3) is 0 Å². The lowest BCUT2D eigenvalue weighted by Gasteiger charge is -2.34. The maximum Gasteiger partial charge on any atom is 0.224 e. The average Bonchev–Trinajstić information content (AvgIpc) is 2.86. The molecular formula is C28H35N5OS. The maximum atomic E-state index is 12.5. The first kappa shape index (κ1) is 25.4. The zero-order valence-electron chi connectivity index (χ0n) is 21.0. The molecule has 4 rings (SSSR count). The van der Waals surface area contributed by atoms with E-state index >= 15 is 0 Å². The van der Waals surface area contributed by atoms with Crippen molar-refractivity contribution in [3.05, 3.63) is 82.7 Å². The summed E-state index contributed by atoms with van der Waals surface area (Å²) in [5.41, 5.74) is 6.48. The highest BCUT2D eigenvalue weighted by Gasteiger charge is 2.17. The number of hydrogen-bond acceptors (Lipinski definition) is 6. The van der Waals surface area contributed by atoms with Crippen molar-refractivity contribution in [3.63, 3.8) is 0 Å². The second-order valence-corrected chi connectivity index (χ2v) is 9.92. The minimum Gasteiger partial charge on any atom is -0.326 e. The molecule has 35 heavy (non-hydrogen) atoms. The van der Waals surface area contributed by atoms with Gasteiger partial charge in [-0.1, -0.05) is 54.2 Å². The van der Waals surface area contributed by atoms with Crippen molar-refractivity contribution in [2.75, 3.05) is 37.8 Å². The van der Waals surface area contributed by atoms with Crippen molar-refractivity contribution in [3.8, 4) is 0 Å². The molecule has 0 atom stereocenters. The van der Waals surface area contributed by atoms with E-state index in [1.165, 1.54) is 22.9 Å². The Morgan fingerprint density at radius 1 is 0.857 bits per heavy atom. The first-order valence-electron chi connectivity index (χ1n) is 12.3. The fourth-order valence-electron chi connectivity index (χ4n) is 4.52. The number of nitrogens with zero attached hydrogens (tertiary/aromatic N) is 4. The van der Waals surface area contributed by atoms with Gasteiger partial charge in [-0.05, 0) is 55.3 Å². The standard InChI is InChI=1S/C28H35N5OS/c1-21-26(22(2)30-28(29-21)35-3)13-14-27(34)31-25-11-9-24(10-12-25)20-33-17-15-32(16-18-33)19-23-7-5-4-6-8-23/h4-12H,13-20H2,1-3H3,(H,31,34). The molecule has 2 aromatic carbocycles. The normalized spacial score (nSPS) is 14.7. The number of benzene rings is 2. The second-order valence-electron chi connectivity index (χ2n) is 9.14. The van der Waals surface area contributed by atoms with Crippen LogP contribution >= 0.6 is 11.8 Å². The van der Waals surface area contributed by atoms with Gasteiger partial charge in [-0.3, -0.25) is 14.6 Å². The van der Waals surface area contributed by atoms with Crippen LogP contribution in [0, 0.1) is 13.8 Å². The third kappa shape index (κ3) is 7.37. The predicted octanol–water partition coefficient (Wildman–Crippen LogP) is 4.70. The summed E-state index contributed by atoms with van der Waals surface area (Å²) in [5.74, 6) is 0.0139. The number of aryl methyl sites for hydroxylation is 2. The van der Waals surface area contributed by atoms with Crippen molar-refractivity contribution in [1.29, 1.82) is 0 Å². The molecule has 0 bridgehead atoms. The number of aromatic nitrogens is 2. The highest BCUT2D eigenvalue weighted by Crippen LogP contribution is 2.18. The van der Waals surface area contributed by atoms with E-state index in [2.05, 4.69) is 67.5 Å². The van der Waals surface area contributed by atoms with Gasteiger partial charge in [0.2, 0.25) is 5.91 Å². The van der Waals surface area contributed by atoms with Gasteiger partial charge in [-0.2, -0.15) is 0 Å². The van der Waals surface area contributed by atoms with Crippen molar-refractivity contribution in [1.82, 2.24) is 19.8 Å². The highest BCUT2D eigenvalue weighted by molar-refractivity contribution is 7.98. The number of anilines is 1. The Morgan fingerprint density at radius 3 is 1.94 bits per heavy atom. The molecule has 184 valence electrons. The van der Waals surface area contributed by atoms with Gasteiger partial charge in [0.15, 0.2) is 5.16 Å². The molecule has 1 saturated heterocycles. The number of piperazine rings is 1. The van der Waals surface area contributed by atoms with Crippen LogP contribution in [-0.4, -0.2) is 58.1 Å². The summed E-state index contributed by atoms with van der Waals surface area (Å²) in [4.78, 5) is 26.6. The lowest BCUT2D eigenvalue weighted by Crippen LogP contribution is -2.45. The SMILES string of the molecule is CSc1nc(C)c(CCC(=O)Nc2ccc(CN3CCN(Cc4ccccc4)CC3)cc2)c(C)n1. The molecule has 0 unspecified atom stereocenters. The van der Waals surface area contributed by atoms with Crippen LogP contribution in [0.15, 0.2) is 59.8 Å². The third-order valence-corrected chi connectivity index (χ3v) is 7.09. The van der Waals surface area contributed by atoms with E-state index in [1.54, 1.807) is 0 Å². The predicted molar refractivity (Wildman–Crippen MR) is 144 cm³/mol. The Hall–Kier alpha value is -2.74. The van der Waals surface area contributed by atoms with E-state index in [0.717, 1.165) is 67.1 Å². The summed E-state index contributed by atoms with van der Waals surface area (Å²) in [7, 11) is 0. The molecule has 0 aliphatic carbocycles. The number of thioether (sulfide) groups is 1. The van der Waals surface area contributed by atoms with Crippen LogP contribution < -0.4 is 5.32 Å². The van der Waals surface area contributed by atoms with E-state index in [-0.39, 0.29) is 5.91 Å². The Labute approximate surface area is 213 Å². The van der Waals surface area contributed by atoms with Crippen molar-refractivity contribution >= 4 is 23.4 Å². The lowest BCUT2D eigenvalue weighted by molar-refractivity contribution is -0.116. The molecule has 1 aliphatic heterocycles. The monoisotopic (exact) mass is 489 g/mol. The average molecular weight is 490 g/mol. The summed E-state index contributed by atoms with van der Waals surface area (Å²) in [5, 5.41) is 3.81. The topological polar surface area (TPSA) is 61.4 Å². The number of nitrogens with one attached hydrogen (secondary N) is 1. The summed E-state index contributed by atoms with van der Waals surface area (Å²) in [6.45, 7) is 10.3. The lowest BCUT2D eigenvalue weighted by atomic mass is 10.1. The fourth-order valence-corrected chi connectivity index (χ4v) is 4.98. The van der Waals surface area contributed by atoms with Crippen LogP contribution in [0.3, 0.4) is 0 Å². The molecule has 1 fully saturated rings. The van der Waals surface area contributed by atoms with Gasteiger partial charge in [-0.25, -0.2) is 9.97 Å². The van der Waals surface area contributed by atoms with Crippen LogP contribution in [0.25, 0.3) is 0 Å². The minimum atomic E-state index is 0.0139. The molecule has 0 radical (unpaired) electrons. The van der Waals surface area contributed by atoms with Gasteiger partial charge in [0.05, 0.1) is 0 Å². The first-order chi connectivity index (χ1) is 17.0. The number of carbonyl (C=O) groups excluding carboxylic acids is 1. The molecule has 1 aromatic heterocycles. The van der Waals surface area contributed by atoms with Gasteiger partial charge < -0.3 is 5.32 Å². The zero-order valence-corrected chi connectivity index (χ0v) is 21.8. The summed E-state index contributed by atoms with van der Waals surface area (Å²) >= 11 is 1.54. The zero-order chi connectivity index (χ0) is 24.6. The van der Waals surface area contributed by atoms with E-state index in [4.69, 9.17) is 0 Å². The van der Waals surface area contributed by atoms with E-state index in [0.29, 0.717) is 12.8 Å². The smallest absolute Gasteiger partial charge is 0.224 e. The Kier molecular flexibility index (Phi) is 8.90. The Bertz CT molecular complexity index is 1090. The van der Waals surface area contributed by atoms with Crippen molar-refractivity contribution in [2.45, 2.75) is 44.9 Å². The maximum absolute atomic E-state index is 12.5. The number of amides is 1. The van der Waals surface area contributed by atoms with E-state index in [9.17, 15) is 4.79 Å². The fraction of sp³-hybridized carbons (Fsp3) is 0.393. The van der Waals surface area contributed by atoms with Crippen LogP contribution in [0.2, 0.25) is 0 Å². The molecular weight excluding hydrogens is 454 g/mol. The third-order valence-electron chi connectivity index (χ3n) is 6.54. The van der Waals surface area contributed by atoms with Gasteiger partial charge in [0, 0.05) is 62.8 Å². The van der Waals surface area contributed by atoms with Crippen LogP contribution in [0.1, 0.15) is 34.5 Å². The highest BCUT2D eigenvalue weighted by atomic mass is 32.2. The van der Waals surface area contributed by atoms with Crippen LogP contribution in [0.4, 0.5) is 5.69 Å². The minimum absolute atomic E-state index is 0.0139. The molecule has 3 aromatic rings. The van der Waals surface area contributed by atoms with Gasteiger partial charge >= 0.3 is 0 Å². The largest absolute Gasteiger partial charge is 0.326 e.